The third-order valence-electron chi connectivity index (χ3n) is 3.53. The second kappa shape index (κ2) is 10.8. The monoisotopic (exact) mass is 493 g/mol. The standard InChI is InChI=1S/C17H23N3O2S2.HI/c1-18-17(20-12-10-15-4-3-13-23-15)19-11-9-14-5-7-16(8-6-14)24(2,21)22;/h3-8,13H,9-12H2,1-2H3,(H2,18,19,20);1H. The predicted octanol–water partition coefficient (Wildman–Crippen LogP) is 2.72. The summed E-state index contributed by atoms with van der Waals surface area (Å²) in [6.07, 6.45) is 3.00. The van der Waals surface area contributed by atoms with Gasteiger partial charge in [-0.3, -0.25) is 4.99 Å². The smallest absolute Gasteiger partial charge is 0.190 e. The van der Waals surface area contributed by atoms with E-state index in [2.05, 4.69) is 33.1 Å². The van der Waals surface area contributed by atoms with Crippen molar-refractivity contribution in [3.8, 4) is 0 Å². The van der Waals surface area contributed by atoms with Gasteiger partial charge < -0.3 is 10.6 Å². The second-order valence-corrected chi connectivity index (χ2v) is 8.47. The van der Waals surface area contributed by atoms with E-state index in [0.717, 1.165) is 37.5 Å². The maximum Gasteiger partial charge on any atom is 0.190 e. The maximum atomic E-state index is 11.4. The van der Waals surface area contributed by atoms with Crippen molar-refractivity contribution in [2.45, 2.75) is 17.7 Å². The first-order valence-electron chi connectivity index (χ1n) is 7.75. The third kappa shape index (κ3) is 7.74. The number of rotatable bonds is 7. The number of guanidine groups is 1. The summed E-state index contributed by atoms with van der Waals surface area (Å²) >= 11 is 1.76. The molecule has 1 aromatic carbocycles. The molecule has 0 radical (unpaired) electrons. The summed E-state index contributed by atoms with van der Waals surface area (Å²) < 4.78 is 22.9. The molecule has 8 heteroatoms. The van der Waals surface area contributed by atoms with Crippen LogP contribution in [0.25, 0.3) is 0 Å². The molecule has 0 fully saturated rings. The number of nitrogens with one attached hydrogen (secondary N) is 2. The van der Waals surface area contributed by atoms with Gasteiger partial charge in [-0.05, 0) is 42.0 Å². The van der Waals surface area contributed by atoms with Gasteiger partial charge in [0.15, 0.2) is 15.8 Å². The highest BCUT2D eigenvalue weighted by atomic mass is 127. The molecule has 0 saturated heterocycles. The van der Waals surface area contributed by atoms with Gasteiger partial charge in [0.05, 0.1) is 4.90 Å². The maximum absolute atomic E-state index is 11.4. The Hall–Kier alpha value is -1.13. The molecule has 0 aliphatic rings. The molecule has 25 heavy (non-hydrogen) atoms. The highest BCUT2D eigenvalue weighted by Gasteiger charge is 2.06. The summed E-state index contributed by atoms with van der Waals surface area (Å²) in [4.78, 5) is 5.91. The number of thiophene rings is 1. The molecule has 2 aromatic rings. The Labute approximate surface area is 170 Å². The summed E-state index contributed by atoms with van der Waals surface area (Å²) in [5.74, 6) is 0.777. The number of sulfone groups is 1. The zero-order chi connectivity index (χ0) is 17.4. The van der Waals surface area contributed by atoms with E-state index in [1.807, 2.05) is 12.1 Å². The van der Waals surface area contributed by atoms with E-state index in [0.29, 0.717) is 4.90 Å². The van der Waals surface area contributed by atoms with Crippen LogP contribution in [0, 0.1) is 0 Å². The summed E-state index contributed by atoms with van der Waals surface area (Å²) in [5, 5.41) is 8.64. The quantitative estimate of drug-likeness (QED) is 0.354. The van der Waals surface area contributed by atoms with Crippen LogP contribution < -0.4 is 10.6 Å². The van der Waals surface area contributed by atoms with E-state index in [4.69, 9.17) is 0 Å². The minimum atomic E-state index is -3.13. The minimum Gasteiger partial charge on any atom is -0.356 e. The fraction of sp³-hybridized carbons (Fsp3) is 0.353. The molecule has 2 rings (SSSR count). The van der Waals surface area contributed by atoms with E-state index in [-0.39, 0.29) is 24.0 Å². The minimum absolute atomic E-state index is 0. The topological polar surface area (TPSA) is 70.6 Å². The van der Waals surface area contributed by atoms with Gasteiger partial charge in [-0.15, -0.1) is 35.3 Å². The van der Waals surface area contributed by atoms with Gasteiger partial charge in [-0.25, -0.2) is 8.42 Å². The molecule has 0 aliphatic carbocycles. The molecule has 0 unspecified atom stereocenters. The molecule has 1 heterocycles. The highest BCUT2D eigenvalue weighted by molar-refractivity contribution is 14.0. The van der Waals surface area contributed by atoms with Crippen molar-refractivity contribution in [2.24, 2.45) is 4.99 Å². The first kappa shape index (κ1) is 21.9. The Morgan fingerprint density at radius 2 is 1.72 bits per heavy atom. The van der Waals surface area contributed by atoms with Gasteiger partial charge in [-0.1, -0.05) is 18.2 Å². The number of halogens is 1. The van der Waals surface area contributed by atoms with E-state index in [1.165, 1.54) is 11.1 Å². The Bertz CT molecular complexity index is 758. The molecule has 2 N–H and O–H groups in total. The van der Waals surface area contributed by atoms with Crippen molar-refractivity contribution in [3.05, 3.63) is 52.2 Å². The lowest BCUT2D eigenvalue weighted by Crippen LogP contribution is -2.39. The molecule has 0 aliphatic heterocycles. The Kier molecular flexibility index (Phi) is 9.44. The molecule has 1 aromatic heterocycles. The number of hydrogen-bond donors (Lipinski definition) is 2. The summed E-state index contributed by atoms with van der Waals surface area (Å²) in [6.45, 7) is 1.57. The Balaban J connectivity index is 0.00000312. The highest BCUT2D eigenvalue weighted by Crippen LogP contribution is 2.10. The van der Waals surface area contributed by atoms with E-state index < -0.39 is 9.84 Å². The first-order chi connectivity index (χ1) is 11.5. The first-order valence-corrected chi connectivity index (χ1v) is 10.5. The van der Waals surface area contributed by atoms with Gasteiger partial charge >= 0.3 is 0 Å². The van der Waals surface area contributed by atoms with Crippen LogP contribution in [0.3, 0.4) is 0 Å². The van der Waals surface area contributed by atoms with Crippen LogP contribution in [0.15, 0.2) is 51.7 Å². The Morgan fingerprint density at radius 3 is 2.24 bits per heavy atom. The van der Waals surface area contributed by atoms with Crippen LogP contribution in [0.4, 0.5) is 0 Å². The van der Waals surface area contributed by atoms with Gasteiger partial charge in [0.2, 0.25) is 0 Å². The summed E-state index contributed by atoms with van der Waals surface area (Å²) in [5.41, 5.74) is 1.09. The average Bonchev–Trinajstić information content (AvgIpc) is 3.06. The molecule has 0 spiro atoms. The number of nitrogens with zero attached hydrogens (tertiary/aromatic N) is 1. The van der Waals surface area contributed by atoms with Crippen LogP contribution in [0.1, 0.15) is 10.4 Å². The fourth-order valence-corrected chi connectivity index (χ4v) is 3.55. The van der Waals surface area contributed by atoms with E-state index in [9.17, 15) is 8.42 Å². The lowest BCUT2D eigenvalue weighted by Gasteiger charge is -2.11. The van der Waals surface area contributed by atoms with Crippen molar-refractivity contribution in [2.75, 3.05) is 26.4 Å². The molecule has 5 nitrogen and oxygen atoms in total. The van der Waals surface area contributed by atoms with E-state index >= 15 is 0 Å². The predicted molar refractivity (Wildman–Crippen MR) is 116 cm³/mol. The van der Waals surface area contributed by atoms with E-state index in [1.54, 1.807) is 30.5 Å². The van der Waals surface area contributed by atoms with Crippen LogP contribution in [0.2, 0.25) is 0 Å². The molecule has 0 bridgehead atoms. The number of hydrogen-bond acceptors (Lipinski definition) is 4. The van der Waals surface area contributed by atoms with Crippen molar-refractivity contribution in [1.29, 1.82) is 0 Å². The van der Waals surface area contributed by atoms with Gasteiger partial charge in [0, 0.05) is 31.3 Å². The van der Waals surface area contributed by atoms with Crippen LogP contribution in [-0.2, 0) is 22.7 Å². The largest absolute Gasteiger partial charge is 0.356 e. The number of benzene rings is 1. The third-order valence-corrected chi connectivity index (χ3v) is 5.59. The zero-order valence-corrected chi connectivity index (χ0v) is 18.3. The molecule has 0 atom stereocenters. The lowest BCUT2D eigenvalue weighted by atomic mass is 10.1. The Morgan fingerprint density at radius 1 is 1.08 bits per heavy atom. The zero-order valence-electron chi connectivity index (χ0n) is 14.4. The van der Waals surface area contributed by atoms with Crippen LogP contribution in [-0.4, -0.2) is 40.8 Å². The van der Waals surface area contributed by atoms with Gasteiger partial charge in [-0.2, -0.15) is 0 Å². The van der Waals surface area contributed by atoms with Crippen molar-refractivity contribution in [1.82, 2.24) is 10.6 Å². The molecular formula is C17H24IN3O2S2. The lowest BCUT2D eigenvalue weighted by molar-refractivity contribution is 0.602. The average molecular weight is 493 g/mol. The normalized spacial score (nSPS) is 11.7. The second-order valence-electron chi connectivity index (χ2n) is 5.42. The fourth-order valence-electron chi connectivity index (χ4n) is 2.21. The van der Waals surface area contributed by atoms with Crippen molar-refractivity contribution >= 4 is 51.1 Å². The molecule has 0 saturated carbocycles. The molecular weight excluding hydrogens is 469 g/mol. The van der Waals surface area contributed by atoms with Crippen LogP contribution >= 0.6 is 35.3 Å². The number of aliphatic imine (C=N–C) groups is 1. The van der Waals surface area contributed by atoms with Crippen LogP contribution in [0.5, 0.6) is 0 Å². The summed E-state index contributed by atoms with van der Waals surface area (Å²) in [7, 11) is -1.38. The van der Waals surface area contributed by atoms with Gasteiger partial charge in [0.25, 0.3) is 0 Å². The molecule has 0 amide bonds. The van der Waals surface area contributed by atoms with Crippen molar-refractivity contribution < 1.29 is 8.42 Å². The SMILES string of the molecule is CN=C(NCCc1ccc(S(C)(=O)=O)cc1)NCCc1cccs1.I. The van der Waals surface area contributed by atoms with Crippen molar-refractivity contribution in [3.63, 3.8) is 0 Å². The summed E-state index contributed by atoms with van der Waals surface area (Å²) in [6, 6.07) is 11.2. The molecule has 138 valence electrons. The van der Waals surface area contributed by atoms with Gasteiger partial charge in [0.1, 0.15) is 0 Å².